The van der Waals surface area contributed by atoms with Crippen LogP contribution in [0.15, 0.2) is 0 Å². The molecule has 0 unspecified atom stereocenters. The number of carbonyl (C=O) groups is 1. The van der Waals surface area contributed by atoms with Crippen molar-refractivity contribution in [2.75, 3.05) is 27.2 Å². The standard InChI is InChI=1S/C10H16N6OS/c1-7-12-13-10-16(7)14-9(18-10)8(17)11-5-4-6-15(2)3/h4-6H2,1-3H3,(H,11,17). The zero-order valence-electron chi connectivity index (χ0n) is 10.7. The molecule has 2 aromatic rings. The predicted octanol–water partition coefficient (Wildman–Crippen LogP) is 0.176. The van der Waals surface area contributed by atoms with E-state index in [4.69, 9.17) is 0 Å². The van der Waals surface area contributed by atoms with Crippen molar-refractivity contribution in [3.63, 3.8) is 0 Å². The average molecular weight is 268 g/mol. The lowest BCUT2D eigenvalue weighted by molar-refractivity contribution is 0.0951. The highest BCUT2D eigenvalue weighted by Gasteiger charge is 2.14. The molecule has 0 fully saturated rings. The largest absolute Gasteiger partial charge is 0.350 e. The first-order valence-corrected chi connectivity index (χ1v) is 6.51. The third kappa shape index (κ3) is 2.82. The fourth-order valence-corrected chi connectivity index (χ4v) is 2.28. The van der Waals surface area contributed by atoms with Gasteiger partial charge in [0.15, 0.2) is 5.82 Å². The van der Waals surface area contributed by atoms with E-state index < -0.39 is 0 Å². The smallest absolute Gasteiger partial charge is 0.282 e. The molecule has 0 aromatic carbocycles. The highest BCUT2D eigenvalue weighted by atomic mass is 32.1. The van der Waals surface area contributed by atoms with Gasteiger partial charge in [0.1, 0.15) is 0 Å². The van der Waals surface area contributed by atoms with Gasteiger partial charge in [0.25, 0.3) is 5.91 Å². The summed E-state index contributed by atoms with van der Waals surface area (Å²) in [6.45, 7) is 3.40. The highest BCUT2D eigenvalue weighted by Crippen LogP contribution is 2.13. The lowest BCUT2D eigenvalue weighted by Gasteiger charge is -2.08. The van der Waals surface area contributed by atoms with Gasteiger partial charge in [-0.15, -0.1) is 15.3 Å². The molecule has 2 heterocycles. The van der Waals surface area contributed by atoms with E-state index in [0.717, 1.165) is 13.0 Å². The van der Waals surface area contributed by atoms with Gasteiger partial charge in [-0.05, 0) is 34.0 Å². The maximum absolute atomic E-state index is 11.8. The van der Waals surface area contributed by atoms with Crippen molar-refractivity contribution < 1.29 is 4.79 Å². The van der Waals surface area contributed by atoms with Crippen LogP contribution in [-0.4, -0.2) is 57.8 Å². The summed E-state index contributed by atoms with van der Waals surface area (Å²) in [7, 11) is 4.01. The Bertz CT molecular complexity index is 546. The number of rotatable bonds is 5. The Balaban J connectivity index is 1.92. The van der Waals surface area contributed by atoms with Gasteiger partial charge in [0.05, 0.1) is 0 Å². The van der Waals surface area contributed by atoms with Gasteiger partial charge in [-0.1, -0.05) is 11.3 Å². The van der Waals surface area contributed by atoms with Crippen molar-refractivity contribution >= 4 is 22.2 Å². The number of carbonyl (C=O) groups excluding carboxylic acids is 1. The van der Waals surface area contributed by atoms with Crippen LogP contribution >= 0.6 is 11.3 Å². The van der Waals surface area contributed by atoms with E-state index in [2.05, 4.69) is 25.5 Å². The normalized spacial score (nSPS) is 11.3. The molecule has 1 N–H and O–H groups in total. The number of hydrogen-bond donors (Lipinski definition) is 1. The molecule has 0 aliphatic heterocycles. The van der Waals surface area contributed by atoms with Crippen molar-refractivity contribution in [2.45, 2.75) is 13.3 Å². The summed E-state index contributed by atoms with van der Waals surface area (Å²) in [6.07, 6.45) is 0.918. The van der Waals surface area contributed by atoms with Crippen LogP contribution in [0.4, 0.5) is 0 Å². The van der Waals surface area contributed by atoms with Gasteiger partial charge in [0, 0.05) is 6.54 Å². The van der Waals surface area contributed by atoms with Crippen molar-refractivity contribution in [3.8, 4) is 0 Å². The fourth-order valence-electron chi connectivity index (χ4n) is 1.48. The van der Waals surface area contributed by atoms with Gasteiger partial charge in [-0.2, -0.15) is 4.52 Å². The molecular weight excluding hydrogens is 252 g/mol. The number of fused-ring (bicyclic) bond motifs is 1. The van der Waals surface area contributed by atoms with Crippen LogP contribution in [0, 0.1) is 6.92 Å². The zero-order valence-corrected chi connectivity index (χ0v) is 11.5. The molecule has 98 valence electrons. The molecule has 2 aromatic heterocycles. The summed E-state index contributed by atoms with van der Waals surface area (Å²) >= 11 is 1.25. The van der Waals surface area contributed by atoms with Crippen molar-refractivity contribution in [1.82, 2.24) is 30.0 Å². The van der Waals surface area contributed by atoms with E-state index in [1.54, 1.807) is 11.4 Å². The minimum Gasteiger partial charge on any atom is -0.350 e. The fraction of sp³-hybridized carbons (Fsp3) is 0.600. The van der Waals surface area contributed by atoms with Crippen molar-refractivity contribution in [1.29, 1.82) is 0 Å². The SMILES string of the molecule is Cc1nnc2sc(C(=O)NCCCN(C)C)nn12. The minimum absolute atomic E-state index is 0.149. The molecule has 0 atom stereocenters. The Morgan fingerprint density at radius 3 is 2.89 bits per heavy atom. The third-order valence-corrected chi connectivity index (χ3v) is 3.31. The zero-order chi connectivity index (χ0) is 13.1. The molecule has 1 amide bonds. The molecule has 0 bridgehead atoms. The minimum atomic E-state index is -0.149. The van der Waals surface area contributed by atoms with Gasteiger partial charge >= 0.3 is 0 Å². The van der Waals surface area contributed by atoms with E-state index in [9.17, 15) is 4.79 Å². The van der Waals surface area contributed by atoms with Crippen LogP contribution in [0.25, 0.3) is 4.96 Å². The number of nitrogens with one attached hydrogen (secondary N) is 1. The second-order valence-corrected chi connectivity index (χ2v) is 5.22. The van der Waals surface area contributed by atoms with Gasteiger partial charge in [0.2, 0.25) is 9.97 Å². The van der Waals surface area contributed by atoms with E-state index in [1.807, 2.05) is 14.1 Å². The van der Waals surface area contributed by atoms with E-state index in [-0.39, 0.29) is 5.91 Å². The van der Waals surface area contributed by atoms with Crippen LogP contribution in [0.5, 0.6) is 0 Å². The molecule has 0 aliphatic carbocycles. The molecule has 0 radical (unpaired) electrons. The maximum Gasteiger partial charge on any atom is 0.282 e. The molecule has 18 heavy (non-hydrogen) atoms. The third-order valence-electron chi connectivity index (χ3n) is 2.41. The number of nitrogens with zero attached hydrogens (tertiary/aromatic N) is 5. The number of aromatic nitrogens is 4. The van der Waals surface area contributed by atoms with Crippen LogP contribution < -0.4 is 5.32 Å². The van der Waals surface area contributed by atoms with Crippen LogP contribution in [-0.2, 0) is 0 Å². The van der Waals surface area contributed by atoms with Crippen molar-refractivity contribution in [2.24, 2.45) is 0 Å². The lowest BCUT2D eigenvalue weighted by atomic mass is 10.4. The average Bonchev–Trinajstić information content (AvgIpc) is 2.87. The summed E-state index contributed by atoms with van der Waals surface area (Å²) in [6, 6.07) is 0. The van der Waals surface area contributed by atoms with Crippen LogP contribution in [0.3, 0.4) is 0 Å². The Morgan fingerprint density at radius 1 is 1.44 bits per heavy atom. The first-order valence-electron chi connectivity index (χ1n) is 5.69. The molecule has 0 aliphatic rings. The molecule has 8 heteroatoms. The Morgan fingerprint density at radius 2 is 2.22 bits per heavy atom. The van der Waals surface area contributed by atoms with Gasteiger partial charge in [-0.25, -0.2) is 0 Å². The summed E-state index contributed by atoms with van der Waals surface area (Å²) in [5.41, 5.74) is 0. The Labute approximate surface area is 109 Å². The van der Waals surface area contributed by atoms with E-state index in [0.29, 0.717) is 22.3 Å². The quantitative estimate of drug-likeness (QED) is 0.783. The molecule has 2 rings (SSSR count). The summed E-state index contributed by atoms with van der Waals surface area (Å²) in [5, 5.41) is 15.2. The van der Waals surface area contributed by atoms with Crippen molar-refractivity contribution in [3.05, 3.63) is 10.8 Å². The van der Waals surface area contributed by atoms with Gasteiger partial charge < -0.3 is 10.2 Å². The second-order valence-electron chi connectivity index (χ2n) is 4.26. The molecule has 7 nitrogen and oxygen atoms in total. The summed E-state index contributed by atoms with van der Waals surface area (Å²) in [5.74, 6) is 0.538. The molecule has 0 saturated heterocycles. The lowest BCUT2D eigenvalue weighted by Crippen LogP contribution is -2.27. The first kappa shape index (κ1) is 12.9. The molecular formula is C10H16N6OS. The van der Waals surface area contributed by atoms with E-state index >= 15 is 0 Å². The number of aryl methyl sites for hydroxylation is 1. The summed E-state index contributed by atoms with van der Waals surface area (Å²) < 4.78 is 1.58. The monoisotopic (exact) mass is 268 g/mol. The second kappa shape index (κ2) is 5.40. The van der Waals surface area contributed by atoms with Gasteiger partial charge in [-0.3, -0.25) is 4.79 Å². The number of amides is 1. The molecule has 0 spiro atoms. The van der Waals surface area contributed by atoms with Crippen LogP contribution in [0.2, 0.25) is 0 Å². The Kier molecular flexibility index (Phi) is 3.87. The van der Waals surface area contributed by atoms with Crippen LogP contribution in [0.1, 0.15) is 22.0 Å². The topological polar surface area (TPSA) is 75.4 Å². The summed E-state index contributed by atoms with van der Waals surface area (Å²) in [4.78, 5) is 14.6. The molecule has 0 saturated carbocycles. The number of hydrogen-bond acceptors (Lipinski definition) is 6. The Hall–Kier alpha value is -1.54. The van der Waals surface area contributed by atoms with E-state index in [1.165, 1.54) is 11.3 Å². The first-order chi connectivity index (χ1) is 8.58. The highest BCUT2D eigenvalue weighted by molar-refractivity contribution is 7.18. The maximum atomic E-state index is 11.8. The predicted molar refractivity (Wildman–Crippen MR) is 68.9 cm³/mol.